The van der Waals surface area contributed by atoms with Crippen LogP contribution in [0.3, 0.4) is 0 Å². The van der Waals surface area contributed by atoms with Crippen LogP contribution in [0.1, 0.15) is 39.0 Å². The van der Waals surface area contributed by atoms with Crippen LogP contribution in [0.4, 0.5) is 0 Å². The average Bonchev–Trinajstić information content (AvgIpc) is 2.72. The first kappa shape index (κ1) is 9.38. The van der Waals surface area contributed by atoms with Crippen LogP contribution in [0.25, 0.3) is 0 Å². The van der Waals surface area contributed by atoms with Crippen LogP contribution < -0.4 is 5.43 Å². The third kappa shape index (κ3) is 2.39. The van der Waals surface area contributed by atoms with Gasteiger partial charge in [-0.25, -0.2) is 0 Å². The Morgan fingerprint density at radius 3 is 2.77 bits per heavy atom. The molecule has 1 aliphatic heterocycles. The van der Waals surface area contributed by atoms with Gasteiger partial charge < -0.3 is 5.43 Å². The largest absolute Gasteiger partial charge is 0.307 e. The second kappa shape index (κ2) is 4.36. The summed E-state index contributed by atoms with van der Waals surface area (Å²) < 4.78 is 0. The zero-order valence-electron chi connectivity index (χ0n) is 8.25. The molecule has 3 heteroatoms. The van der Waals surface area contributed by atoms with Gasteiger partial charge in [-0.15, -0.1) is 0 Å². The maximum atomic E-state index is 4.53. The van der Waals surface area contributed by atoms with E-state index in [0.717, 1.165) is 0 Å². The third-order valence-electron chi connectivity index (χ3n) is 2.94. The predicted molar refractivity (Wildman–Crippen MR) is 59.4 cm³/mol. The Labute approximate surface area is 84.6 Å². The number of rotatable bonds is 2. The SMILES string of the molecule is CC1SCC/C1=N\NC1CCCC1. The van der Waals surface area contributed by atoms with Crippen molar-refractivity contribution in [3.05, 3.63) is 0 Å². The summed E-state index contributed by atoms with van der Waals surface area (Å²) in [7, 11) is 0. The van der Waals surface area contributed by atoms with Crippen LogP contribution in [-0.4, -0.2) is 22.8 Å². The van der Waals surface area contributed by atoms with Crippen molar-refractivity contribution in [1.82, 2.24) is 5.43 Å². The van der Waals surface area contributed by atoms with Crippen LogP contribution in [0.15, 0.2) is 5.10 Å². The molecular weight excluding hydrogens is 180 g/mol. The highest BCUT2D eigenvalue weighted by molar-refractivity contribution is 8.01. The summed E-state index contributed by atoms with van der Waals surface area (Å²) in [6, 6.07) is 0.672. The summed E-state index contributed by atoms with van der Waals surface area (Å²) in [5.41, 5.74) is 4.70. The van der Waals surface area contributed by atoms with E-state index in [1.165, 1.54) is 43.6 Å². The van der Waals surface area contributed by atoms with Gasteiger partial charge in [0.15, 0.2) is 0 Å². The molecule has 1 unspecified atom stereocenters. The molecule has 2 fully saturated rings. The van der Waals surface area contributed by atoms with E-state index in [1.807, 2.05) is 11.8 Å². The lowest BCUT2D eigenvalue weighted by atomic mass is 10.2. The number of hydrogen-bond acceptors (Lipinski definition) is 3. The molecule has 1 atom stereocenters. The Hall–Kier alpha value is -0.180. The average molecular weight is 198 g/mol. The Balaban J connectivity index is 1.81. The van der Waals surface area contributed by atoms with Crippen LogP contribution in [-0.2, 0) is 0 Å². The topological polar surface area (TPSA) is 24.4 Å². The lowest BCUT2D eigenvalue weighted by molar-refractivity contribution is 0.545. The van der Waals surface area contributed by atoms with Crippen molar-refractivity contribution < 1.29 is 0 Å². The normalized spacial score (nSPS) is 33.0. The van der Waals surface area contributed by atoms with Crippen LogP contribution in [0.2, 0.25) is 0 Å². The highest BCUT2D eigenvalue weighted by Crippen LogP contribution is 2.24. The van der Waals surface area contributed by atoms with Gasteiger partial charge >= 0.3 is 0 Å². The molecule has 0 aromatic heterocycles. The summed E-state index contributed by atoms with van der Waals surface area (Å²) in [6.07, 6.45) is 6.59. The number of nitrogens with zero attached hydrogens (tertiary/aromatic N) is 1. The van der Waals surface area contributed by atoms with Crippen molar-refractivity contribution in [2.24, 2.45) is 5.10 Å². The fourth-order valence-corrected chi connectivity index (χ4v) is 3.06. The monoisotopic (exact) mass is 198 g/mol. The fourth-order valence-electron chi connectivity index (χ4n) is 2.02. The van der Waals surface area contributed by atoms with E-state index in [9.17, 15) is 0 Å². The summed E-state index contributed by atoms with van der Waals surface area (Å²) in [6.45, 7) is 2.26. The standard InChI is InChI=1S/C10H18N2S/c1-8-10(6-7-13-8)12-11-9-4-2-3-5-9/h8-9,11H,2-7H2,1H3/b12-10+. The number of hydrogen-bond donors (Lipinski definition) is 1. The van der Waals surface area contributed by atoms with Crippen LogP contribution in [0.5, 0.6) is 0 Å². The van der Waals surface area contributed by atoms with Gasteiger partial charge in [0.2, 0.25) is 0 Å². The zero-order chi connectivity index (χ0) is 9.10. The maximum Gasteiger partial charge on any atom is 0.0513 e. The molecule has 1 aliphatic carbocycles. The summed E-state index contributed by atoms with van der Waals surface area (Å²) in [5, 5.41) is 5.18. The second-order valence-corrected chi connectivity index (χ2v) is 5.43. The molecule has 2 nitrogen and oxygen atoms in total. The predicted octanol–water partition coefficient (Wildman–Crippen LogP) is 2.40. The van der Waals surface area contributed by atoms with Crippen molar-refractivity contribution in [2.45, 2.75) is 50.3 Å². The first-order valence-corrected chi connectivity index (χ1v) is 6.35. The lowest BCUT2D eigenvalue weighted by Gasteiger charge is -2.10. The minimum Gasteiger partial charge on any atom is -0.307 e. The minimum absolute atomic E-state index is 0.647. The van der Waals surface area contributed by atoms with Crippen molar-refractivity contribution in [2.75, 3.05) is 5.75 Å². The Morgan fingerprint density at radius 1 is 1.38 bits per heavy atom. The van der Waals surface area contributed by atoms with Gasteiger partial charge in [0.1, 0.15) is 0 Å². The highest BCUT2D eigenvalue weighted by atomic mass is 32.2. The number of hydrazone groups is 1. The molecule has 0 bridgehead atoms. The van der Waals surface area contributed by atoms with Gasteiger partial charge in [-0.3, -0.25) is 0 Å². The second-order valence-electron chi connectivity index (χ2n) is 3.98. The molecule has 0 aromatic rings. The minimum atomic E-state index is 0.647. The maximum absolute atomic E-state index is 4.53. The van der Waals surface area contributed by atoms with Crippen molar-refractivity contribution in [3.63, 3.8) is 0 Å². The number of nitrogens with one attached hydrogen (secondary N) is 1. The van der Waals surface area contributed by atoms with Crippen LogP contribution in [0, 0.1) is 0 Å². The highest BCUT2D eigenvalue weighted by Gasteiger charge is 2.19. The molecular formula is C10H18N2S. The first-order chi connectivity index (χ1) is 6.36. The van der Waals surface area contributed by atoms with E-state index < -0.39 is 0 Å². The lowest BCUT2D eigenvalue weighted by Crippen LogP contribution is -2.23. The van der Waals surface area contributed by atoms with Gasteiger partial charge in [-0.05, 0) is 31.9 Å². The van der Waals surface area contributed by atoms with Gasteiger partial charge in [0, 0.05) is 11.3 Å². The van der Waals surface area contributed by atoms with Gasteiger partial charge in [-0.2, -0.15) is 16.9 Å². The molecule has 13 heavy (non-hydrogen) atoms. The van der Waals surface area contributed by atoms with Crippen molar-refractivity contribution >= 4 is 17.5 Å². The zero-order valence-corrected chi connectivity index (χ0v) is 9.07. The fraction of sp³-hybridized carbons (Fsp3) is 0.900. The van der Waals surface area contributed by atoms with E-state index in [1.54, 1.807) is 0 Å². The van der Waals surface area contributed by atoms with E-state index in [4.69, 9.17) is 0 Å². The quantitative estimate of drug-likeness (QED) is 0.689. The Bertz CT molecular complexity index is 197. The molecule has 1 N–H and O–H groups in total. The van der Waals surface area contributed by atoms with Crippen molar-refractivity contribution in [3.8, 4) is 0 Å². The van der Waals surface area contributed by atoms with Gasteiger partial charge in [0.05, 0.1) is 5.71 Å². The molecule has 0 radical (unpaired) electrons. The first-order valence-electron chi connectivity index (χ1n) is 5.30. The molecule has 1 heterocycles. The molecule has 74 valence electrons. The van der Waals surface area contributed by atoms with Crippen LogP contribution >= 0.6 is 11.8 Å². The Kier molecular flexibility index (Phi) is 3.14. The Morgan fingerprint density at radius 2 is 2.15 bits per heavy atom. The molecule has 0 amide bonds. The molecule has 0 aromatic carbocycles. The van der Waals surface area contributed by atoms with E-state index in [-0.39, 0.29) is 0 Å². The summed E-state index contributed by atoms with van der Waals surface area (Å²) in [4.78, 5) is 0. The van der Waals surface area contributed by atoms with Gasteiger partial charge in [-0.1, -0.05) is 12.8 Å². The summed E-state index contributed by atoms with van der Waals surface area (Å²) in [5.74, 6) is 1.26. The van der Waals surface area contributed by atoms with E-state index in [0.29, 0.717) is 11.3 Å². The molecule has 1 saturated heterocycles. The number of thioether (sulfide) groups is 1. The van der Waals surface area contributed by atoms with E-state index in [2.05, 4.69) is 17.5 Å². The molecule has 2 aliphatic rings. The van der Waals surface area contributed by atoms with Crippen molar-refractivity contribution in [1.29, 1.82) is 0 Å². The molecule has 2 rings (SSSR count). The third-order valence-corrected chi connectivity index (χ3v) is 4.15. The smallest absolute Gasteiger partial charge is 0.0513 e. The summed E-state index contributed by atoms with van der Waals surface area (Å²) >= 11 is 2.02. The van der Waals surface area contributed by atoms with E-state index >= 15 is 0 Å². The molecule has 0 spiro atoms. The van der Waals surface area contributed by atoms with Gasteiger partial charge in [0.25, 0.3) is 0 Å². The molecule has 1 saturated carbocycles.